The molecule has 0 atom stereocenters. The predicted octanol–water partition coefficient (Wildman–Crippen LogP) is -0.124. The molecular formula is C8H10N6O2S2. The lowest BCUT2D eigenvalue weighted by atomic mass is 10.3. The molecule has 0 amide bonds. The van der Waals surface area contributed by atoms with E-state index in [-0.39, 0.29) is 15.8 Å². The summed E-state index contributed by atoms with van der Waals surface area (Å²) in [6, 6.07) is 0. The lowest BCUT2D eigenvalue weighted by Crippen LogP contribution is -2.17. The maximum Gasteiger partial charge on any atom is 0.280 e. The van der Waals surface area contributed by atoms with Gasteiger partial charge in [-0.3, -0.25) is 9.82 Å². The molecule has 0 fully saturated rings. The summed E-state index contributed by atoms with van der Waals surface area (Å²) in [7, 11) is -3.77. The lowest BCUT2D eigenvalue weighted by Gasteiger charge is -2.05. The summed E-state index contributed by atoms with van der Waals surface area (Å²) in [5.41, 5.74) is 5.76. The third-order valence-electron chi connectivity index (χ3n) is 2.11. The average Bonchev–Trinajstić information content (AvgIpc) is 2.86. The van der Waals surface area contributed by atoms with Gasteiger partial charge in [-0.2, -0.15) is 13.5 Å². The van der Waals surface area contributed by atoms with Gasteiger partial charge in [0.15, 0.2) is 5.03 Å². The number of aromatic amines is 2. The van der Waals surface area contributed by atoms with E-state index in [1.807, 2.05) is 0 Å². The number of hydrogen-bond donors (Lipinski definition) is 4. The van der Waals surface area contributed by atoms with Crippen LogP contribution in [-0.2, 0) is 10.0 Å². The monoisotopic (exact) mass is 286 g/mol. The smallest absolute Gasteiger partial charge is 0.280 e. The second kappa shape index (κ2) is 4.38. The molecule has 2 aromatic rings. The fraction of sp³-hybridized carbons (Fsp3) is 0.125. The molecule has 0 unspecified atom stereocenters. The van der Waals surface area contributed by atoms with E-state index >= 15 is 0 Å². The Kier molecular flexibility index (Phi) is 3.05. The van der Waals surface area contributed by atoms with E-state index < -0.39 is 10.0 Å². The van der Waals surface area contributed by atoms with Crippen LogP contribution in [0.25, 0.3) is 0 Å². The van der Waals surface area contributed by atoms with Crippen molar-refractivity contribution in [2.75, 3.05) is 4.72 Å². The molecule has 0 bridgehead atoms. The molecule has 0 radical (unpaired) electrons. The van der Waals surface area contributed by atoms with Crippen molar-refractivity contribution in [1.82, 2.24) is 20.2 Å². The highest BCUT2D eigenvalue weighted by atomic mass is 32.2. The maximum absolute atomic E-state index is 12.0. The number of aryl methyl sites for hydroxylation is 1. The number of H-pyrrole nitrogens is 2. The number of rotatable bonds is 4. The molecule has 0 aliphatic carbocycles. The van der Waals surface area contributed by atoms with Gasteiger partial charge in [0, 0.05) is 0 Å². The van der Waals surface area contributed by atoms with Crippen molar-refractivity contribution < 1.29 is 8.42 Å². The number of sulfonamides is 1. The second-order valence-corrected chi connectivity index (χ2v) is 5.55. The standard InChI is InChI=1S/C8H10N6O2S2/c1-4-10-3-6(12-4)18(15,16)14-8-5(7(9)17)2-11-13-8/h2-3H,1H3,(H2,9,17)(H,10,12)(H2,11,13,14). The van der Waals surface area contributed by atoms with Crippen molar-refractivity contribution in [3.05, 3.63) is 23.8 Å². The summed E-state index contributed by atoms with van der Waals surface area (Å²) in [4.78, 5) is 6.48. The number of hydrogen-bond acceptors (Lipinski definition) is 5. The number of thiocarbonyl (C=S) groups is 1. The van der Waals surface area contributed by atoms with Crippen LogP contribution in [-0.4, -0.2) is 33.6 Å². The molecule has 10 heteroatoms. The van der Waals surface area contributed by atoms with Gasteiger partial charge in [-0.05, 0) is 6.92 Å². The fourth-order valence-corrected chi connectivity index (χ4v) is 2.44. The Morgan fingerprint density at radius 2 is 2.22 bits per heavy atom. The Hall–Kier alpha value is -1.94. The number of anilines is 1. The highest BCUT2D eigenvalue weighted by Gasteiger charge is 2.19. The molecular weight excluding hydrogens is 276 g/mol. The van der Waals surface area contributed by atoms with E-state index in [4.69, 9.17) is 18.0 Å². The van der Waals surface area contributed by atoms with E-state index in [2.05, 4.69) is 24.9 Å². The van der Waals surface area contributed by atoms with E-state index in [1.165, 1.54) is 12.4 Å². The number of nitrogens with one attached hydrogen (secondary N) is 3. The Balaban J connectivity index is 2.34. The van der Waals surface area contributed by atoms with Gasteiger partial charge < -0.3 is 10.7 Å². The molecule has 0 spiro atoms. The summed E-state index contributed by atoms with van der Waals surface area (Å²) in [6.07, 6.45) is 2.56. The van der Waals surface area contributed by atoms with Crippen LogP contribution in [0, 0.1) is 6.92 Å². The molecule has 5 N–H and O–H groups in total. The van der Waals surface area contributed by atoms with Crippen molar-refractivity contribution in [2.24, 2.45) is 5.73 Å². The SMILES string of the molecule is Cc1ncc(S(=O)(=O)Nc2[nH]ncc2C(N)=S)[nH]1. The van der Waals surface area contributed by atoms with E-state index in [1.54, 1.807) is 6.92 Å². The highest BCUT2D eigenvalue weighted by molar-refractivity contribution is 7.92. The largest absolute Gasteiger partial charge is 0.389 e. The molecule has 0 aromatic carbocycles. The van der Waals surface area contributed by atoms with Gasteiger partial charge in [-0.25, -0.2) is 4.98 Å². The van der Waals surface area contributed by atoms with Crippen molar-refractivity contribution in [2.45, 2.75) is 11.9 Å². The van der Waals surface area contributed by atoms with Crippen LogP contribution in [0.3, 0.4) is 0 Å². The summed E-state index contributed by atoms with van der Waals surface area (Å²) in [5, 5.41) is 6.11. The first kappa shape index (κ1) is 12.5. The molecule has 2 rings (SSSR count). The zero-order valence-corrected chi connectivity index (χ0v) is 10.9. The molecule has 8 nitrogen and oxygen atoms in total. The Bertz CT molecular complexity index is 686. The molecule has 2 heterocycles. The first-order valence-corrected chi connectivity index (χ1v) is 6.67. The third-order valence-corrected chi connectivity index (χ3v) is 3.59. The first-order chi connectivity index (χ1) is 8.40. The number of nitrogens with zero attached hydrogens (tertiary/aromatic N) is 2. The molecule has 0 saturated heterocycles. The van der Waals surface area contributed by atoms with Crippen LogP contribution < -0.4 is 10.5 Å². The summed E-state index contributed by atoms with van der Waals surface area (Å²) < 4.78 is 26.2. The average molecular weight is 286 g/mol. The Morgan fingerprint density at radius 3 is 2.78 bits per heavy atom. The number of imidazole rings is 1. The fourth-order valence-electron chi connectivity index (χ4n) is 1.27. The second-order valence-electron chi connectivity index (χ2n) is 3.46. The van der Waals surface area contributed by atoms with Gasteiger partial charge in [0.2, 0.25) is 0 Å². The number of nitrogens with two attached hydrogens (primary N) is 1. The van der Waals surface area contributed by atoms with Crippen LogP contribution in [0.2, 0.25) is 0 Å². The van der Waals surface area contributed by atoms with E-state index in [9.17, 15) is 8.42 Å². The summed E-state index contributed by atoms with van der Waals surface area (Å²) in [6.45, 7) is 1.65. The van der Waals surface area contributed by atoms with Crippen LogP contribution in [0.5, 0.6) is 0 Å². The minimum absolute atomic E-state index is 0.0437. The normalized spacial score (nSPS) is 11.4. The molecule has 2 aromatic heterocycles. The topological polar surface area (TPSA) is 130 Å². The van der Waals surface area contributed by atoms with E-state index in [0.29, 0.717) is 11.4 Å². The van der Waals surface area contributed by atoms with Gasteiger partial charge in [0.1, 0.15) is 16.6 Å². The predicted molar refractivity (Wildman–Crippen MR) is 68.6 cm³/mol. The van der Waals surface area contributed by atoms with Crippen molar-refractivity contribution >= 4 is 33.0 Å². The van der Waals surface area contributed by atoms with Gasteiger partial charge in [-0.15, -0.1) is 0 Å². The quantitative estimate of drug-likeness (QED) is 0.580. The van der Waals surface area contributed by atoms with Gasteiger partial charge in [-0.1, -0.05) is 12.2 Å². The summed E-state index contributed by atoms with van der Waals surface area (Å²) in [5.74, 6) is 0.615. The van der Waals surface area contributed by atoms with Crippen LogP contribution >= 0.6 is 12.2 Å². The molecule has 18 heavy (non-hydrogen) atoms. The zero-order valence-electron chi connectivity index (χ0n) is 9.26. The van der Waals surface area contributed by atoms with E-state index in [0.717, 1.165) is 0 Å². The van der Waals surface area contributed by atoms with Gasteiger partial charge in [0.25, 0.3) is 10.0 Å². The number of aromatic nitrogens is 4. The van der Waals surface area contributed by atoms with Crippen molar-refractivity contribution in [1.29, 1.82) is 0 Å². The van der Waals surface area contributed by atoms with Crippen LogP contribution in [0.15, 0.2) is 17.4 Å². The lowest BCUT2D eigenvalue weighted by molar-refractivity contribution is 0.598. The minimum atomic E-state index is -3.77. The van der Waals surface area contributed by atoms with Crippen LogP contribution in [0.1, 0.15) is 11.4 Å². The van der Waals surface area contributed by atoms with Gasteiger partial charge in [0.05, 0.1) is 18.0 Å². The third kappa shape index (κ3) is 2.33. The molecule has 0 saturated carbocycles. The maximum atomic E-state index is 12.0. The first-order valence-electron chi connectivity index (χ1n) is 4.78. The Morgan fingerprint density at radius 1 is 1.50 bits per heavy atom. The van der Waals surface area contributed by atoms with Crippen LogP contribution in [0.4, 0.5) is 5.82 Å². The highest BCUT2D eigenvalue weighted by Crippen LogP contribution is 2.16. The minimum Gasteiger partial charge on any atom is -0.389 e. The van der Waals surface area contributed by atoms with Crippen molar-refractivity contribution in [3.63, 3.8) is 0 Å². The molecule has 96 valence electrons. The van der Waals surface area contributed by atoms with Gasteiger partial charge >= 0.3 is 0 Å². The van der Waals surface area contributed by atoms with Crippen molar-refractivity contribution in [3.8, 4) is 0 Å². The summed E-state index contributed by atoms with van der Waals surface area (Å²) >= 11 is 4.78. The zero-order chi connectivity index (χ0) is 13.3. The molecule has 0 aliphatic heterocycles. The molecule has 0 aliphatic rings. The Labute approximate surface area is 108 Å².